The van der Waals surface area contributed by atoms with E-state index in [1.165, 1.54) is 7.11 Å². The normalized spacial score (nSPS) is 11.6. The first kappa shape index (κ1) is 14.9. The quantitative estimate of drug-likeness (QED) is 0.856. The maximum atomic E-state index is 12.0. The Bertz CT molecular complexity index is 590. The Morgan fingerprint density at radius 2 is 1.62 bits per heavy atom. The van der Waals surface area contributed by atoms with Crippen molar-refractivity contribution in [3.63, 3.8) is 0 Å². The van der Waals surface area contributed by atoms with Crippen LogP contribution in [0.4, 0.5) is 5.69 Å². The summed E-state index contributed by atoms with van der Waals surface area (Å²) in [5, 5.41) is 3.19. The van der Waals surface area contributed by atoms with Crippen LogP contribution in [-0.4, -0.2) is 20.2 Å². The van der Waals surface area contributed by atoms with Crippen LogP contribution in [0.2, 0.25) is 0 Å². The molecule has 21 heavy (non-hydrogen) atoms. The van der Waals surface area contributed by atoms with Crippen LogP contribution in [0, 0.1) is 6.92 Å². The summed E-state index contributed by atoms with van der Waals surface area (Å²) in [5.74, 6) is 0.445. The van der Waals surface area contributed by atoms with Crippen molar-refractivity contribution in [2.75, 3.05) is 19.5 Å². The molecule has 1 unspecified atom stereocenters. The van der Waals surface area contributed by atoms with Gasteiger partial charge in [-0.1, -0.05) is 29.8 Å². The minimum Gasteiger partial charge on any atom is -0.497 e. The molecule has 110 valence electrons. The van der Waals surface area contributed by atoms with Gasteiger partial charge in [-0.05, 0) is 36.8 Å². The number of aryl methyl sites for hydroxylation is 1. The van der Waals surface area contributed by atoms with E-state index in [1.807, 2.05) is 55.5 Å². The van der Waals surface area contributed by atoms with Gasteiger partial charge in [0.05, 0.1) is 14.2 Å². The minimum absolute atomic E-state index is 0.324. The number of benzene rings is 2. The lowest BCUT2D eigenvalue weighted by Gasteiger charge is -2.18. The van der Waals surface area contributed by atoms with Crippen molar-refractivity contribution in [1.29, 1.82) is 0 Å². The topological polar surface area (TPSA) is 47.6 Å². The van der Waals surface area contributed by atoms with Crippen molar-refractivity contribution < 1.29 is 14.3 Å². The van der Waals surface area contributed by atoms with E-state index in [-0.39, 0.29) is 5.97 Å². The van der Waals surface area contributed by atoms with Crippen LogP contribution < -0.4 is 10.1 Å². The van der Waals surface area contributed by atoms with Crippen LogP contribution in [-0.2, 0) is 9.53 Å². The zero-order chi connectivity index (χ0) is 15.2. The fourth-order valence-corrected chi connectivity index (χ4v) is 2.01. The second-order valence-electron chi connectivity index (χ2n) is 4.74. The Kier molecular flexibility index (Phi) is 4.82. The van der Waals surface area contributed by atoms with Gasteiger partial charge in [-0.2, -0.15) is 0 Å². The average Bonchev–Trinajstić information content (AvgIpc) is 2.53. The summed E-state index contributed by atoms with van der Waals surface area (Å²) >= 11 is 0. The van der Waals surface area contributed by atoms with Crippen LogP contribution in [0.25, 0.3) is 0 Å². The largest absolute Gasteiger partial charge is 0.497 e. The summed E-state index contributed by atoms with van der Waals surface area (Å²) < 4.78 is 10.0. The third kappa shape index (κ3) is 3.75. The van der Waals surface area contributed by atoms with E-state index in [0.29, 0.717) is 0 Å². The first-order chi connectivity index (χ1) is 10.1. The molecule has 1 N–H and O–H groups in total. The zero-order valence-electron chi connectivity index (χ0n) is 12.4. The van der Waals surface area contributed by atoms with Crippen molar-refractivity contribution in [2.24, 2.45) is 0 Å². The highest BCUT2D eigenvalue weighted by Crippen LogP contribution is 2.23. The lowest BCUT2D eigenvalue weighted by Crippen LogP contribution is -2.22. The van der Waals surface area contributed by atoms with Crippen LogP contribution in [0.5, 0.6) is 5.75 Å². The fraction of sp³-hybridized carbons (Fsp3) is 0.235. The molecule has 0 aliphatic carbocycles. The Hall–Kier alpha value is -2.49. The predicted octanol–water partition coefficient (Wildman–Crippen LogP) is 3.33. The molecule has 0 aliphatic heterocycles. The van der Waals surface area contributed by atoms with E-state index in [2.05, 4.69) is 5.32 Å². The molecule has 0 amide bonds. The average molecular weight is 285 g/mol. The SMILES string of the molecule is COC(=O)C(Nc1ccc(OC)cc1)c1ccc(C)cc1. The molecule has 4 nitrogen and oxygen atoms in total. The molecule has 4 heteroatoms. The molecule has 2 aromatic rings. The summed E-state index contributed by atoms with van der Waals surface area (Å²) in [6.45, 7) is 2.01. The van der Waals surface area contributed by atoms with Crippen molar-refractivity contribution in [3.8, 4) is 5.75 Å². The van der Waals surface area contributed by atoms with Gasteiger partial charge >= 0.3 is 5.97 Å². The van der Waals surface area contributed by atoms with Crippen LogP contribution in [0.3, 0.4) is 0 Å². The number of nitrogens with one attached hydrogen (secondary N) is 1. The number of rotatable bonds is 5. The number of esters is 1. The highest BCUT2D eigenvalue weighted by molar-refractivity contribution is 5.81. The Labute approximate surface area is 124 Å². The summed E-state index contributed by atoms with van der Waals surface area (Å²) in [4.78, 5) is 12.0. The number of carbonyl (C=O) groups is 1. The molecule has 0 bridgehead atoms. The summed E-state index contributed by atoms with van der Waals surface area (Å²) in [7, 11) is 3.01. The molecular weight excluding hydrogens is 266 g/mol. The monoisotopic (exact) mass is 285 g/mol. The van der Waals surface area contributed by atoms with Gasteiger partial charge in [-0.15, -0.1) is 0 Å². The molecule has 0 saturated heterocycles. The summed E-state index contributed by atoms with van der Waals surface area (Å²) in [6.07, 6.45) is 0. The molecule has 0 radical (unpaired) electrons. The molecule has 0 heterocycles. The number of hydrogen-bond acceptors (Lipinski definition) is 4. The van der Waals surface area contributed by atoms with E-state index < -0.39 is 6.04 Å². The smallest absolute Gasteiger partial charge is 0.332 e. The van der Waals surface area contributed by atoms with Crippen molar-refractivity contribution in [3.05, 3.63) is 59.7 Å². The fourth-order valence-electron chi connectivity index (χ4n) is 2.01. The zero-order valence-corrected chi connectivity index (χ0v) is 12.4. The van der Waals surface area contributed by atoms with Crippen molar-refractivity contribution >= 4 is 11.7 Å². The third-order valence-corrected chi connectivity index (χ3v) is 3.25. The highest BCUT2D eigenvalue weighted by Gasteiger charge is 2.21. The molecule has 0 aliphatic rings. The number of hydrogen-bond donors (Lipinski definition) is 1. The first-order valence-electron chi connectivity index (χ1n) is 6.69. The molecule has 0 fully saturated rings. The lowest BCUT2D eigenvalue weighted by molar-refractivity contribution is -0.141. The van der Waals surface area contributed by atoms with Gasteiger partial charge < -0.3 is 14.8 Å². The Morgan fingerprint density at radius 3 is 2.14 bits per heavy atom. The van der Waals surface area contributed by atoms with E-state index in [0.717, 1.165) is 22.6 Å². The van der Waals surface area contributed by atoms with E-state index in [9.17, 15) is 4.79 Å². The lowest BCUT2D eigenvalue weighted by atomic mass is 10.0. The molecule has 2 aromatic carbocycles. The van der Waals surface area contributed by atoms with Gasteiger partial charge in [0, 0.05) is 5.69 Å². The predicted molar refractivity (Wildman–Crippen MR) is 82.6 cm³/mol. The summed E-state index contributed by atoms with van der Waals surface area (Å²) in [5.41, 5.74) is 2.84. The number of carbonyl (C=O) groups excluding carboxylic acids is 1. The third-order valence-electron chi connectivity index (χ3n) is 3.25. The number of methoxy groups -OCH3 is 2. The molecule has 1 atom stereocenters. The summed E-state index contributed by atoms with van der Waals surface area (Å²) in [6, 6.07) is 14.7. The van der Waals surface area contributed by atoms with Crippen LogP contribution >= 0.6 is 0 Å². The van der Waals surface area contributed by atoms with Gasteiger partial charge in [-0.25, -0.2) is 4.79 Å². The van der Waals surface area contributed by atoms with Gasteiger partial charge in [0.25, 0.3) is 0 Å². The van der Waals surface area contributed by atoms with E-state index in [4.69, 9.17) is 9.47 Å². The van der Waals surface area contributed by atoms with Crippen LogP contribution in [0.15, 0.2) is 48.5 Å². The highest BCUT2D eigenvalue weighted by atomic mass is 16.5. The maximum absolute atomic E-state index is 12.0. The molecular formula is C17H19NO3. The van der Waals surface area contributed by atoms with Gasteiger partial charge in [-0.3, -0.25) is 0 Å². The maximum Gasteiger partial charge on any atom is 0.332 e. The molecule has 0 aromatic heterocycles. The Balaban J connectivity index is 2.23. The standard InChI is InChI=1S/C17H19NO3/c1-12-4-6-13(7-5-12)16(17(19)21-3)18-14-8-10-15(20-2)11-9-14/h4-11,16,18H,1-3H3. The van der Waals surface area contributed by atoms with E-state index >= 15 is 0 Å². The second kappa shape index (κ2) is 6.79. The minimum atomic E-state index is -0.538. The van der Waals surface area contributed by atoms with Crippen molar-refractivity contribution in [2.45, 2.75) is 13.0 Å². The van der Waals surface area contributed by atoms with Gasteiger partial charge in [0.1, 0.15) is 5.75 Å². The van der Waals surface area contributed by atoms with E-state index in [1.54, 1.807) is 7.11 Å². The Morgan fingerprint density at radius 1 is 1.00 bits per heavy atom. The molecule has 0 saturated carbocycles. The van der Waals surface area contributed by atoms with Crippen LogP contribution in [0.1, 0.15) is 17.2 Å². The van der Waals surface area contributed by atoms with Gasteiger partial charge in [0.2, 0.25) is 0 Å². The molecule has 0 spiro atoms. The van der Waals surface area contributed by atoms with Gasteiger partial charge in [0.15, 0.2) is 6.04 Å². The first-order valence-corrected chi connectivity index (χ1v) is 6.69. The number of anilines is 1. The second-order valence-corrected chi connectivity index (χ2v) is 4.74. The van der Waals surface area contributed by atoms with Crippen molar-refractivity contribution in [1.82, 2.24) is 0 Å². The number of ether oxygens (including phenoxy) is 2. The molecule has 2 rings (SSSR count).